The van der Waals surface area contributed by atoms with Crippen molar-refractivity contribution in [3.63, 3.8) is 0 Å². The maximum atomic E-state index is 12.7. The van der Waals surface area contributed by atoms with E-state index in [9.17, 15) is 4.79 Å². The lowest BCUT2D eigenvalue weighted by molar-refractivity contribution is 0.0704. The summed E-state index contributed by atoms with van der Waals surface area (Å²) in [4.78, 5) is 14.7. The predicted octanol–water partition coefficient (Wildman–Crippen LogP) is 2.32. The molecule has 0 radical (unpaired) electrons. The fourth-order valence-corrected chi connectivity index (χ4v) is 3.09. The summed E-state index contributed by atoms with van der Waals surface area (Å²) in [5, 5.41) is 3.65. The number of hydrogen-bond donors (Lipinski definition) is 1. The van der Waals surface area contributed by atoms with Gasteiger partial charge in [-0.1, -0.05) is 6.07 Å². The van der Waals surface area contributed by atoms with Crippen LogP contribution in [0.1, 0.15) is 36.0 Å². The van der Waals surface area contributed by atoms with Gasteiger partial charge in [-0.3, -0.25) is 4.79 Å². The van der Waals surface area contributed by atoms with E-state index in [0.717, 1.165) is 44.1 Å². The molecule has 1 amide bonds. The van der Waals surface area contributed by atoms with E-state index < -0.39 is 0 Å². The number of methoxy groups -OCH3 is 1. The summed E-state index contributed by atoms with van der Waals surface area (Å²) in [6.07, 6.45) is 4.85. The van der Waals surface area contributed by atoms with Gasteiger partial charge in [0.05, 0.1) is 6.61 Å². The second-order valence-corrected chi connectivity index (χ2v) is 6.79. The van der Waals surface area contributed by atoms with Gasteiger partial charge in [0.15, 0.2) is 0 Å². The highest BCUT2D eigenvalue weighted by Crippen LogP contribution is 2.28. The Morgan fingerprint density at radius 1 is 1.21 bits per heavy atom. The highest BCUT2D eigenvalue weighted by atomic mass is 16.5. The number of likely N-dealkylation sites (tertiary alicyclic amines) is 1. The molecule has 1 aliphatic heterocycles. The van der Waals surface area contributed by atoms with Crippen LogP contribution in [0.3, 0.4) is 0 Å². The second-order valence-electron chi connectivity index (χ2n) is 6.79. The van der Waals surface area contributed by atoms with Crippen LogP contribution in [0.25, 0.3) is 0 Å². The van der Waals surface area contributed by atoms with Crippen LogP contribution in [0.2, 0.25) is 0 Å². The monoisotopic (exact) mass is 332 g/mol. The minimum absolute atomic E-state index is 0.104. The first-order valence-electron chi connectivity index (χ1n) is 9.00. The number of amides is 1. The van der Waals surface area contributed by atoms with E-state index in [0.29, 0.717) is 24.8 Å². The number of nitrogens with zero attached hydrogens (tertiary/aromatic N) is 1. The lowest BCUT2D eigenvalue weighted by Crippen LogP contribution is -2.45. The zero-order chi connectivity index (χ0) is 16.8. The predicted molar refractivity (Wildman–Crippen MR) is 93.5 cm³/mol. The average Bonchev–Trinajstić information content (AvgIpc) is 3.45. The molecule has 0 bridgehead atoms. The lowest BCUT2D eigenvalue weighted by atomic mass is 10.0. The number of carbonyl (C=O) groups is 1. The van der Waals surface area contributed by atoms with Crippen LogP contribution in [-0.4, -0.2) is 56.8 Å². The molecule has 1 heterocycles. The molecule has 1 saturated carbocycles. The average molecular weight is 332 g/mol. The van der Waals surface area contributed by atoms with E-state index in [1.807, 2.05) is 29.2 Å². The first-order valence-corrected chi connectivity index (χ1v) is 9.00. The summed E-state index contributed by atoms with van der Waals surface area (Å²) in [6, 6.07) is 8.01. The van der Waals surface area contributed by atoms with E-state index in [2.05, 4.69) is 5.32 Å². The summed E-state index contributed by atoms with van der Waals surface area (Å²) >= 11 is 0. The topological polar surface area (TPSA) is 50.8 Å². The molecule has 5 heteroatoms. The molecule has 3 rings (SSSR count). The molecular formula is C19H28N2O3. The van der Waals surface area contributed by atoms with Gasteiger partial charge >= 0.3 is 0 Å². The Morgan fingerprint density at radius 2 is 2.00 bits per heavy atom. The standard InChI is InChI=1S/C19H28N2O3/c1-23-11-12-24-18-4-2-3-16(13-18)19(22)21-9-7-17(8-10-21)20-14-15-5-6-15/h2-4,13,15,17,20H,5-12,14H2,1H3. The fraction of sp³-hybridized carbons (Fsp3) is 0.632. The minimum atomic E-state index is 0.104. The number of hydrogen-bond acceptors (Lipinski definition) is 4. The Labute approximate surface area is 144 Å². The third-order valence-electron chi connectivity index (χ3n) is 4.81. The molecule has 132 valence electrons. The largest absolute Gasteiger partial charge is 0.491 e. The van der Waals surface area contributed by atoms with Crippen LogP contribution in [0.15, 0.2) is 24.3 Å². The molecule has 5 nitrogen and oxygen atoms in total. The number of rotatable bonds is 8. The van der Waals surface area contributed by atoms with Gasteiger partial charge in [0.25, 0.3) is 5.91 Å². The van der Waals surface area contributed by atoms with Crippen LogP contribution in [0, 0.1) is 5.92 Å². The normalized spacial score (nSPS) is 18.6. The van der Waals surface area contributed by atoms with Crippen molar-refractivity contribution >= 4 is 5.91 Å². The summed E-state index contributed by atoms with van der Waals surface area (Å²) in [5.74, 6) is 1.73. The molecule has 0 spiro atoms. The summed E-state index contributed by atoms with van der Waals surface area (Å²) in [7, 11) is 1.65. The van der Waals surface area contributed by atoms with E-state index in [1.54, 1.807) is 7.11 Å². The van der Waals surface area contributed by atoms with Crippen LogP contribution in [0.5, 0.6) is 5.75 Å². The zero-order valence-corrected chi connectivity index (χ0v) is 14.5. The summed E-state index contributed by atoms with van der Waals surface area (Å²) < 4.78 is 10.6. The molecule has 0 aromatic heterocycles. The first kappa shape index (κ1) is 17.2. The molecule has 1 aliphatic carbocycles. The molecule has 1 N–H and O–H groups in total. The van der Waals surface area contributed by atoms with Crippen molar-refractivity contribution < 1.29 is 14.3 Å². The SMILES string of the molecule is COCCOc1cccc(C(=O)N2CCC(NCC3CC3)CC2)c1. The second kappa shape index (κ2) is 8.49. The Kier molecular flexibility index (Phi) is 6.10. The highest BCUT2D eigenvalue weighted by molar-refractivity contribution is 5.94. The fourth-order valence-electron chi connectivity index (χ4n) is 3.09. The van der Waals surface area contributed by atoms with Gasteiger partial charge in [-0.05, 0) is 56.3 Å². The van der Waals surface area contributed by atoms with Gasteiger partial charge in [0.1, 0.15) is 12.4 Å². The van der Waals surface area contributed by atoms with Crippen molar-refractivity contribution in [3.05, 3.63) is 29.8 Å². The zero-order valence-electron chi connectivity index (χ0n) is 14.5. The van der Waals surface area contributed by atoms with Gasteiger partial charge < -0.3 is 19.7 Å². The maximum absolute atomic E-state index is 12.7. The Balaban J connectivity index is 1.48. The molecule has 0 unspecified atom stereocenters. The molecule has 2 aliphatic rings. The highest BCUT2D eigenvalue weighted by Gasteiger charge is 2.26. The van der Waals surface area contributed by atoms with E-state index in [1.165, 1.54) is 12.8 Å². The third-order valence-corrected chi connectivity index (χ3v) is 4.81. The third kappa shape index (κ3) is 4.95. The van der Waals surface area contributed by atoms with Crippen LogP contribution < -0.4 is 10.1 Å². The first-order chi connectivity index (χ1) is 11.8. The lowest BCUT2D eigenvalue weighted by Gasteiger charge is -2.32. The van der Waals surface area contributed by atoms with Crippen molar-refractivity contribution in [2.45, 2.75) is 31.7 Å². The van der Waals surface area contributed by atoms with Crippen LogP contribution in [0.4, 0.5) is 0 Å². The van der Waals surface area contributed by atoms with E-state index in [4.69, 9.17) is 9.47 Å². The Morgan fingerprint density at radius 3 is 2.71 bits per heavy atom. The smallest absolute Gasteiger partial charge is 0.253 e. The minimum Gasteiger partial charge on any atom is -0.491 e. The number of ether oxygens (including phenoxy) is 2. The van der Waals surface area contributed by atoms with Gasteiger partial charge in [0, 0.05) is 31.8 Å². The van der Waals surface area contributed by atoms with Crippen molar-refractivity contribution in [1.29, 1.82) is 0 Å². The van der Waals surface area contributed by atoms with Crippen LogP contribution >= 0.6 is 0 Å². The van der Waals surface area contributed by atoms with Crippen LogP contribution in [-0.2, 0) is 4.74 Å². The van der Waals surface area contributed by atoms with Crippen molar-refractivity contribution in [2.75, 3.05) is 40.0 Å². The molecule has 1 aromatic rings. The Hall–Kier alpha value is -1.59. The number of benzene rings is 1. The summed E-state index contributed by atoms with van der Waals surface area (Å²) in [5.41, 5.74) is 0.703. The van der Waals surface area contributed by atoms with E-state index >= 15 is 0 Å². The quantitative estimate of drug-likeness (QED) is 0.742. The van der Waals surface area contributed by atoms with Crippen molar-refractivity contribution in [1.82, 2.24) is 10.2 Å². The molecule has 1 aromatic carbocycles. The molecule has 2 fully saturated rings. The van der Waals surface area contributed by atoms with Gasteiger partial charge in [-0.15, -0.1) is 0 Å². The molecule has 24 heavy (non-hydrogen) atoms. The van der Waals surface area contributed by atoms with E-state index in [-0.39, 0.29) is 5.91 Å². The van der Waals surface area contributed by atoms with Gasteiger partial charge in [-0.2, -0.15) is 0 Å². The number of piperidine rings is 1. The Bertz CT molecular complexity index is 537. The number of nitrogens with one attached hydrogen (secondary N) is 1. The molecule has 0 atom stereocenters. The van der Waals surface area contributed by atoms with Gasteiger partial charge in [-0.25, -0.2) is 0 Å². The van der Waals surface area contributed by atoms with Crippen molar-refractivity contribution in [3.8, 4) is 5.75 Å². The van der Waals surface area contributed by atoms with Gasteiger partial charge in [0.2, 0.25) is 0 Å². The summed E-state index contributed by atoms with van der Waals surface area (Å²) in [6.45, 7) is 3.84. The molecular weight excluding hydrogens is 304 g/mol. The molecule has 1 saturated heterocycles. The maximum Gasteiger partial charge on any atom is 0.253 e. The van der Waals surface area contributed by atoms with Crippen molar-refractivity contribution in [2.24, 2.45) is 5.92 Å². The number of carbonyl (C=O) groups excluding carboxylic acids is 1.